The van der Waals surface area contributed by atoms with Gasteiger partial charge >= 0.3 is 0 Å². The molecular formula is C20H24ClN3O5S2. The van der Waals surface area contributed by atoms with E-state index in [4.69, 9.17) is 16.7 Å². The summed E-state index contributed by atoms with van der Waals surface area (Å²) in [7, 11) is -7.33. The molecule has 0 aliphatic carbocycles. The largest absolute Gasteiger partial charge is 0.356 e. The lowest BCUT2D eigenvalue weighted by Crippen LogP contribution is -2.43. The van der Waals surface area contributed by atoms with E-state index in [1.807, 2.05) is 0 Å². The van der Waals surface area contributed by atoms with Crippen molar-refractivity contribution in [2.45, 2.75) is 29.1 Å². The van der Waals surface area contributed by atoms with Gasteiger partial charge in [0.25, 0.3) is 0 Å². The second kappa shape index (κ2) is 9.66. The number of piperidine rings is 1. The quantitative estimate of drug-likeness (QED) is 0.617. The molecule has 0 spiro atoms. The molecule has 2 aromatic carbocycles. The lowest BCUT2D eigenvalue weighted by Gasteiger charge is -2.30. The van der Waals surface area contributed by atoms with Gasteiger partial charge in [0.1, 0.15) is 0 Å². The molecule has 11 heteroatoms. The molecule has 3 N–H and O–H groups in total. The van der Waals surface area contributed by atoms with Gasteiger partial charge in [-0.3, -0.25) is 4.79 Å². The van der Waals surface area contributed by atoms with E-state index in [1.54, 1.807) is 12.1 Å². The number of rotatable bonds is 7. The third-order valence-electron chi connectivity index (χ3n) is 5.24. The Morgan fingerprint density at radius 3 is 2.06 bits per heavy atom. The highest BCUT2D eigenvalue weighted by Crippen LogP contribution is 2.25. The van der Waals surface area contributed by atoms with E-state index in [2.05, 4.69) is 5.32 Å². The average Bonchev–Trinajstić information content (AvgIpc) is 2.74. The van der Waals surface area contributed by atoms with Crippen molar-refractivity contribution < 1.29 is 21.6 Å². The van der Waals surface area contributed by atoms with Crippen LogP contribution in [-0.4, -0.2) is 46.7 Å². The Bertz CT molecular complexity index is 1130. The van der Waals surface area contributed by atoms with Gasteiger partial charge in [0, 0.05) is 30.6 Å². The van der Waals surface area contributed by atoms with Gasteiger partial charge in [-0.05, 0) is 61.2 Å². The fraction of sp³-hybridized carbons (Fsp3) is 0.350. The van der Waals surface area contributed by atoms with E-state index in [-0.39, 0.29) is 34.7 Å². The van der Waals surface area contributed by atoms with Crippen LogP contribution in [0.1, 0.15) is 18.4 Å². The highest BCUT2D eigenvalue weighted by Gasteiger charge is 2.31. The van der Waals surface area contributed by atoms with Crippen LogP contribution >= 0.6 is 11.6 Å². The van der Waals surface area contributed by atoms with Gasteiger partial charge in [-0.25, -0.2) is 22.0 Å². The van der Waals surface area contributed by atoms with Crippen LogP contribution < -0.4 is 10.5 Å². The highest BCUT2D eigenvalue weighted by atomic mass is 35.5. The first-order chi connectivity index (χ1) is 14.6. The predicted molar refractivity (Wildman–Crippen MR) is 117 cm³/mol. The molecule has 1 aliphatic rings. The van der Waals surface area contributed by atoms with Crippen molar-refractivity contribution in [3.05, 3.63) is 59.1 Å². The Morgan fingerprint density at radius 2 is 1.52 bits per heavy atom. The van der Waals surface area contributed by atoms with Crippen molar-refractivity contribution in [3.8, 4) is 0 Å². The van der Waals surface area contributed by atoms with Crippen LogP contribution in [0.25, 0.3) is 0 Å². The summed E-state index contributed by atoms with van der Waals surface area (Å²) < 4.78 is 49.4. The molecule has 0 aromatic heterocycles. The van der Waals surface area contributed by atoms with Gasteiger partial charge in [0.15, 0.2) is 0 Å². The Hall–Kier alpha value is -1.98. The third kappa shape index (κ3) is 6.05. The topological polar surface area (TPSA) is 127 Å². The molecule has 0 saturated carbocycles. The lowest BCUT2D eigenvalue weighted by atomic mass is 9.97. The fourth-order valence-corrected chi connectivity index (χ4v) is 5.55. The first-order valence-corrected chi connectivity index (χ1v) is 13.1. The van der Waals surface area contributed by atoms with E-state index in [1.165, 1.54) is 40.7 Å². The van der Waals surface area contributed by atoms with Crippen LogP contribution in [0.5, 0.6) is 0 Å². The Kier molecular flexibility index (Phi) is 7.38. The standard InChI is InChI=1S/C20H24ClN3O5S2/c21-17-3-7-19(8-4-17)31(28,29)24-13-10-16(11-14-24)20(25)23-12-9-15-1-5-18(6-2-15)30(22,26)27/h1-8,16H,9-14H2,(H,23,25)(H2,22,26,27). The number of hydrogen-bond donors (Lipinski definition) is 2. The highest BCUT2D eigenvalue weighted by molar-refractivity contribution is 7.89. The zero-order valence-corrected chi connectivity index (χ0v) is 19.1. The van der Waals surface area contributed by atoms with Gasteiger partial charge in [0.2, 0.25) is 26.0 Å². The number of hydrogen-bond acceptors (Lipinski definition) is 5. The summed E-state index contributed by atoms with van der Waals surface area (Å²) >= 11 is 5.83. The third-order valence-corrected chi connectivity index (χ3v) is 8.33. The van der Waals surface area contributed by atoms with Crippen LogP contribution in [0.15, 0.2) is 58.3 Å². The second-order valence-electron chi connectivity index (χ2n) is 7.36. The van der Waals surface area contributed by atoms with Crippen molar-refractivity contribution in [1.82, 2.24) is 9.62 Å². The van der Waals surface area contributed by atoms with Crippen molar-refractivity contribution in [2.24, 2.45) is 11.1 Å². The molecule has 2 aromatic rings. The predicted octanol–water partition coefficient (Wildman–Crippen LogP) is 1.75. The molecule has 1 heterocycles. The maximum absolute atomic E-state index is 12.7. The molecule has 3 rings (SSSR count). The molecule has 31 heavy (non-hydrogen) atoms. The van der Waals surface area contributed by atoms with Crippen LogP contribution in [0.2, 0.25) is 5.02 Å². The summed E-state index contributed by atoms with van der Waals surface area (Å²) in [5.41, 5.74) is 0.872. The molecule has 0 atom stereocenters. The summed E-state index contributed by atoms with van der Waals surface area (Å²) in [6.45, 7) is 0.951. The van der Waals surface area contributed by atoms with Crippen LogP contribution in [-0.2, 0) is 31.3 Å². The number of halogens is 1. The summed E-state index contributed by atoms with van der Waals surface area (Å²) in [5, 5.41) is 8.41. The number of amides is 1. The monoisotopic (exact) mass is 485 g/mol. The summed E-state index contributed by atoms with van der Waals surface area (Å²) in [4.78, 5) is 12.7. The number of primary sulfonamides is 1. The van der Waals surface area contributed by atoms with Gasteiger partial charge in [-0.1, -0.05) is 23.7 Å². The number of sulfonamides is 2. The molecule has 0 bridgehead atoms. The minimum atomic E-state index is -3.73. The smallest absolute Gasteiger partial charge is 0.243 e. The molecular weight excluding hydrogens is 462 g/mol. The second-order valence-corrected chi connectivity index (χ2v) is 11.3. The van der Waals surface area contributed by atoms with Crippen LogP contribution in [0.4, 0.5) is 0 Å². The van der Waals surface area contributed by atoms with Crippen molar-refractivity contribution in [2.75, 3.05) is 19.6 Å². The zero-order chi connectivity index (χ0) is 22.6. The number of carbonyl (C=O) groups excluding carboxylic acids is 1. The van der Waals surface area contributed by atoms with Crippen molar-refractivity contribution in [1.29, 1.82) is 0 Å². The fourth-order valence-electron chi connectivity index (χ4n) is 3.43. The molecule has 0 radical (unpaired) electrons. The normalized spacial score (nSPS) is 16.2. The Morgan fingerprint density at radius 1 is 0.968 bits per heavy atom. The molecule has 168 valence electrons. The summed E-state index contributed by atoms with van der Waals surface area (Å²) in [6.07, 6.45) is 1.43. The first kappa shape index (κ1) is 23.7. The van der Waals surface area contributed by atoms with E-state index >= 15 is 0 Å². The maximum atomic E-state index is 12.7. The minimum absolute atomic E-state index is 0.0422. The van der Waals surface area contributed by atoms with E-state index in [9.17, 15) is 21.6 Å². The number of nitrogens with zero attached hydrogens (tertiary/aromatic N) is 1. The zero-order valence-electron chi connectivity index (χ0n) is 16.7. The van der Waals surface area contributed by atoms with E-state index in [0.29, 0.717) is 30.8 Å². The van der Waals surface area contributed by atoms with Crippen molar-refractivity contribution in [3.63, 3.8) is 0 Å². The van der Waals surface area contributed by atoms with Crippen LogP contribution in [0, 0.1) is 5.92 Å². The number of benzene rings is 2. The molecule has 1 saturated heterocycles. The van der Waals surface area contributed by atoms with Crippen LogP contribution in [0.3, 0.4) is 0 Å². The van der Waals surface area contributed by atoms with E-state index < -0.39 is 20.0 Å². The van der Waals surface area contributed by atoms with Gasteiger partial charge in [-0.2, -0.15) is 4.31 Å². The molecule has 1 amide bonds. The SMILES string of the molecule is NS(=O)(=O)c1ccc(CCNC(=O)C2CCN(S(=O)(=O)c3ccc(Cl)cc3)CC2)cc1. The first-order valence-electron chi connectivity index (χ1n) is 9.72. The summed E-state index contributed by atoms with van der Waals surface area (Å²) in [6, 6.07) is 12.2. The number of carbonyl (C=O) groups is 1. The maximum Gasteiger partial charge on any atom is 0.243 e. The minimum Gasteiger partial charge on any atom is -0.356 e. The molecule has 8 nitrogen and oxygen atoms in total. The number of nitrogens with one attached hydrogen (secondary N) is 1. The molecule has 1 aliphatic heterocycles. The van der Waals surface area contributed by atoms with Gasteiger partial charge in [0.05, 0.1) is 9.79 Å². The van der Waals surface area contributed by atoms with Gasteiger partial charge < -0.3 is 5.32 Å². The Balaban J connectivity index is 1.47. The summed E-state index contributed by atoms with van der Waals surface area (Å²) in [5.74, 6) is -0.355. The van der Waals surface area contributed by atoms with E-state index in [0.717, 1.165) is 5.56 Å². The number of nitrogens with two attached hydrogens (primary N) is 1. The molecule has 0 unspecified atom stereocenters. The molecule has 1 fully saturated rings. The van der Waals surface area contributed by atoms with Gasteiger partial charge in [-0.15, -0.1) is 0 Å². The van der Waals surface area contributed by atoms with Crippen molar-refractivity contribution >= 4 is 37.6 Å². The average molecular weight is 486 g/mol. The Labute approximate surface area is 187 Å². The lowest BCUT2D eigenvalue weighted by molar-refractivity contribution is -0.126.